The Balaban J connectivity index is 1.58. The first-order valence-electron chi connectivity index (χ1n) is 11.2. The standard InChI is InChI=1S/C22H28N3O6PS2/c1-4-30-32(27,31-5-2)13-16-14-33-21(23-16)11-20(26)22-18-9-8-17(34(3,28)29)10-19(18)25(24-22)12-15-6-7-15/h8-10,14-15H,4-7,11-13H2,1-3H3. The van der Waals surface area contributed by atoms with E-state index < -0.39 is 17.4 Å². The van der Waals surface area contributed by atoms with Gasteiger partial charge in [-0.3, -0.25) is 14.0 Å². The molecule has 0 spiro atoms. The van der Waals surface area contributed by atoms with Crippen LogP contribution in [-0.4, -0.2) is 48.4 Å². The van der Waals surface area contributed by atoms with Crippen molar-refractivity contribution >= 4 is 45.5 Å². The number of carbonyl (C=O) groups is 1. The Bertz CT molecular complexity index is 1350. The molecule has 4 rings (SSSR count). The molecule has 0 amide bonds. The van der Waals surface area contributed by atoms with E-state index in [9.17, 15) is 17.8 Å². The lowest BCUT2D eigenvalue weighted by Crippen LogP contribution is -2.08. The molecule has 0 bridgehead atoms. The number of aromatic nitrogens is 3. The molecule has 0 aliphatic heterocycles. The lowest BCUT2D eigenvalue weighted by Gasteiger charge is -2.15. The molecule has 1 aliphatic carbocycles. The highest BCUT2D eigenvalue weighted by Gasteiger charge is 2.28. The fourth-order valence-electron chi connectivity index (χ4n) is 3.72. The summed E-state index contributed by atoms with van der Waals surface area (Å²) in [5.74, 6) is 0.297. The number of nitrogens with zero attached hydrogens (tertiary/aromatic N) is 3. The largest absolute Gasteiger partial charge is 0.336 e. The molecule has 0 unspecified atom stereocenters. The van der Waals surface area contributed by atoms with Gasteiger partial charge in [-0.15, -0.1) is 11.3 Å². The van der Waals surface area contributed by atoms with Crippen molar-refractivity contribution in [1.29, 1.82) is 0 Å². The van der Waals surface area contributed by atoms with Gasteiger partial charge in [-0.25, -0.2) is 13.4 Å². The molecule has 2 aromatic heterocycles. The third-order valence-electron chi connectivity index (χ3n) is 5.46. The third kappa shape index (κ3) is 5.83. The zero-order valence-electron chi connectivity index (χ0n) is 19.4. The van der Waals surface area contributed by atoms with Crippen LogP contribution in [0.3, 0.4) is 0 Å². The number of hydrogen-bond donors (Lipinski definition) is 0. The lowest BCUT2D eigenvalue weighted by molar-refractivity contribution is 0.0988. The number of ketones is 1. The Morgan fingerprint density at radius 2 is 1.94 bits per heavy atom. The molecule has 0 saturated heterocycles. The fourth-order valence-corrected chi connectivity index (χ4v) is 6.88. The van der Waals surface area contributed by atoms with Crippen molar-refractivity contribution in [2.24, 2.45) is 5.92 Å². The number of sulfone groups is 1. The quantitative estimate of drug-likeness (QED) is 0.251. The van der Waals surface area contributed by atoms with Gasteiger partial charge in [0.2, 0.25) is 0 Å². The maximum atomic E-state index is 13.2. The van der Waals surface area contributed by atoms with Crippen LogP contribution < -0.4 is 0 Å². The molecule has 3 aromatic rings. The van der Waals surface area contributed by atoms with Gasteiger partial charge in [0, 0.05) is 23.6 Å². The van der Waals surface area contributed by atoms with Gasteiger partial charge >= 0.3 is 7.60 Å². The summed E-state index contributed by atoms with van der Waals surface area (Å²) in [5.41, 5.74) is 1.51. The maximum Gasteiger partial charge on any atom is 0.336 e. The van der Waals surface area contributed by atoms with Crippen molar-refractivity contribution in [2.45, 2.75) is 50.7 Å². The first-order valence-corrected chi connectivity index (χ1v) is 15.7. The molecule has 34 heavy (non-hydrogen) atoms. The molecule has 1 aromatic carbocycles. The molecule has 0 N–H and O–H groups in total. The van der Waals surface area contributed by atoms with E-state index in [0.29, 0.717) is 39.8 Å². The van der Waals surface area contributed by atoms with E-state index in [4.69, 9.17) is 9.05 Å². The van der Waals surface area contributed by atoms with E-state index in [1.54, 1.807) is 36.0 Å². The van der Waals surface area contributed by atoms with Gasteiger partial charge in [0.25, 0.3) is 0 Å². The molecule has 0 radical (unpaired) electrons. The van der Waals surface area contributed by atoms with Gasteiger partial charge in [-0.2, -0.15) is 5.10 Å². The van der Waals surface area contributed by atoms with Crippen molar-refractivity contribution in [3.05, 3.63) is 40.0 Å². The van der Waals surface area contributed by atoms with Gasteiger partial charge in [-0.1, -0.05) is 0 Å². The van der Waals surface area contributed by atoms with Gasteiger partial charge in [0.1, 0.15) is 10.7 Å². The highest BCUT2D eigenvalue weighted by atomic mass is 32.2. The van der Waals surface area contributed by atoms with Crippen molar-refractivity contribution in [3.63, 3.8) is 0 Å². The van der Waals surface area contributed by atoms with Crippen LogP contribution in [0.5, 0.6) is 0 Å². The summed E-state index contributed by atoms with van der Waals surface area (Å²) >= 11 is 1.31. The monoisotopic (exact) mass is 525 g/mol. The minimum atomic E-state index is -3.38. The van der Waals surface area contributed by atoms with Crippen LogP contribution in [0, 0.1) is 5.92 Å². The second kappa shape index (κ2) is 9.99. The third-order valence-corrected chi connectivity index (χ3v) is 9.48. The van der Waals surface area contributed by atoms with Crippen LogP contribution in [0.1, 0.15) is 47.9 Å². The van der Waals surface area contributed by atoms with Crippen LogP contribution >= 0.6 is 18.9 Å². The minimum absolute atomic E-state index is 0.0433. The number of carbonyl (C=O) groups excluding carboxylic acids is 1. The fraction of sp³-hybridized carbons (Fsp3) is 0.500. The summed E-state index contributed by atoms with van der Waals surface area (Å²) < 4.78 is 49.3. The Labute approximate surface area is 202 Å². The van der Waals surface area contributed by atoms with E-state index >= 15 is 0 Å². The molecule has 0 atom stereocenters. The van der Waals surface area contributed by atoms with Gasteiger partial charge < -0.3 is 9.05 Å². The number of Topliss-reactive ketones (excluding diaryl/α,β-unsaturated/α-hetero) is 1. The van der Waals surface area contributed by atoms with Gasteiger partial charge in [0.15, 0.2) is 15.6 Å². The van der Waals surface area contributed by atoms with E-state index in [1.807, 2.05) is 0 Å². The predicted octanol–water partition coefficient (Wildman–Crippen LogP) is 4.50. The van der Waals surface area contributed by atoms with Gasteiger partial charge in [-0.05, 0) is 50.8 Å². The molecular weight excluding hydrogens is 497 g/mol. The average Bonchev–Trinajstić information content (AvgIpc) is 3.36. The maximum absolute atomic E-state index is 13.2. The first kappa shape index (κ1) is 25.2. The zero-order valence-corrected chi connectivity index (χ0v) is 21.9. The first-order chi connectivity index (χ1) is 16.1. The van der Waals surface area contributed by atoms with Crippen LogP contribution in [0.4, 0.5) is 0 Å². The molecule has 1 saturated carbocycles. The molecule has 9 nitrogen and oxygen atoms in total. The second-order valence-corrected chi connectivity index (χ2v) is 13.4. The Kier molecular flexibility index (Phi) is 7.40. The zero-order chi connectivity index (χ0) is 24.5. The summed E-state index contributed by atoms with van der Waals surface area (Å²) in [7, 11) is -6.66. The summed E-state index contributed by atoms with van der Waals surface area (Å²) in [6.07, 6.45) is 3.46. The van der Waals surface area contributed by atoms with E-state index in [1.165, 1.54) is 17.4 Å². The van der Waals surface area contributed by atoms with Crippen LogP contribution in [0.15, 0.2) is 28.5 Å². The molecular formula is C22H28N3O6PS2. The predicted molar refractivity (Wildman–Crippen MR) is 130 cm³/mol. The molecule has 12 heteroatoms. The number of hydrogen-bond acceptors (Lipinski definition) is 9. The smallest absolute Gasteiger partial charge is 0.309 e. The van der Waals surface area contributed by atoms with Crippen molar-refractivity contribution < 1.29 is 26.8 Å². The Morgan fingerprint density at radius 3 is 2.56 bits per heavy atom. The van der Waals surface area contributed by atoms with Crippen LogP contribution in [-0.2, 0) is 42.6 Å². The van der Waals surface area contributed by atoms with Crippen molar-refractivity contribution in [2.75, 3.05) is 19.5 Å². The molecule has 1 fully saturated rings. The molecule has 2 heterocycles. The second-order valence-electron chi connectivity index (χ2n) is 8.36. The summed E-state index contributed by atoms with van der Waals surface area (Å²) in [6.45, 7) is 4.70. The Morgan fingerprint density at radius 1 is 1.24 bits per heavy atom. The average molecular weight is 526 g/mol. The minimum Gasteiger partial charge on any atom is -0.309 e. The van der Waals surface area contributed by atoms with Crippen LogP contribution in [0.25, 0.3) is 10.9 Å². The topological polar surface area (TPSA) is 117 Å². The summed E-state index contributed by atoms with van der Waals surface area (Å²) in [6, 6.07) is 4.76. The normalized spacial score (nSPS) is 14.7. The lowest BCUT2D eigenvalue weighted by atomic mass is 10.1. The summed E-state index contributed by atoms with van der Waals surface area (Å²) in [4.78, 5) is 17.9. The number of thiazole rings is 1. The van der Waals surface area contributed by atoms with Gasteiger partial charge in [0.05, 0.1) is 41.9 Å². The van der Waals surface area contributed by atoms with Crippen molar-refractivity contribution in [3.8, 4) is 0 Å². The van der Waals surface area contributed by atoms with Crippen molar-refractivity contribution in [1.82, 2.24) is 14.8 Å². The van der Waals surface area contributed by atoms with Crippen LogP contribution in [0.2, 0.25) is 0 Å². The van der Waals surface area contributed by atoms with E-state index in [2.05, 4.69) is 10.1 Å². The van der Waals surface area contributed by atoms with E-state index in [0.717, 1.165) is 19.1 Å². The Hall–Kier alpha value is -1.91. The van der Waals surface area contributed by atoms with E-state index in [-0.39, 0.29) is 36.5 Å². The number of benzene rings is 1. The highest BCUT2D eigenvalue weighted by molar-refractivity contribution is 7.90. The highest BCUT2D eigenvalue weighted by Crippen LogP contribution is 2.51. The molecule has 184 valence electrons. The molecule has 1 aliphatic rings. The number of rotatable bonds is 12. The number of fused-ring (bicyclic) bond motifs is 1. The SMILES string of the molecule is CCOP(=O)(Cc1csc(CC(=O)c2nn(CC3CC3)c3cc(S(C)(=O)=O)ccc23)n1)OCC. The summed E-state index contributed by atoms with van der Waals surface area (Å²) in [5, 5.41) is 7.54.